The Hall–Kier alpha value is -2.38. The van der Waals surface area contributed by atoms with Crippen LogP contribution in [-0.4, -0.2) is 29.0 Å². The summed E-state index contributed by atoms with van der Waals surface area (Å²) in [4.78, 5) is 12.0. The molecule has 1 amide bonds. The molecule has 0 saturated heterocycles. The number of benzene rings is 2. The Balaban J connectivity index is 1.55. The van der Waals surface area contributed by atoms with Gasteiger partial charge in [0, 0.05) is 15.7 Å². The Morgan fingerprint density at radius 1 is 1.04 bits per heavy atom. The number of carbonyl (C=O) groups excluding carboxylic acids is 1. The molecule has 0 aliphatic heterocycles. The molecule has 132 valence electrons. The molecule has 7 heteroatoms. The van der Waals surface area contributed by atoms with Crippen molar-refractivity contribution in [3.05, 3.63) is 65.1 Å². The van der Waals surface area contributed by atoms with Crippen LogP contribution in [0.25, 0.3) is 11.3 Å². The summed E-state index contributed by atoms with van der Waals surface area (Å²) >= 11 is 4.71. The van der Waals surface area contributed by atoms with Crippen LogP contribution in [0.1, 0.15) is 0 Å². The van der Waals surface area contributed by atoms with E-state index >= 15 is 0 Å². The van der Waals surface area contributed by atoms with Crippen molar-refractivity contribution in [1.82, 2.24) is 10.2 Å². The number of aromatic nitrogens is 2. The Morgan fingerprint density at radius 3 is 2.38 bits per heavy atom. The molecule has 0 spiro atoms. The number of thioether (sulfide) groups is 1. The summed E-state index contributed by atoms with van der Waals surface area (Å²) in [5.74, 6) is 0.983. The molecule has 26 heavy (non-hydrogen) atoms. The van der Waals surface area contributed by atoms with Gasteiger partial charge in [-0.1, -0.05) is 27.7 Å². The lowest BCUT2D eigenvalue weighted by atomic mass is 10.1. The fraction of sp³-hybridized carbons (Fsp3) is 0.105. The first-order chi connectivity index (χ1) is 12.6. The highest BCUT2D eigenvalue weighted by atomic mass is 79.9. The lowest BCUT2D eigenvalue weighted by Gasteiger charge is -2.05. The summed E-state index contributed by atoms with van der Waals surface area (Å²) in [6, 6.07) is 18.8. The van der Waals surface area contributed by atoms with Crippen LogP contribution in [0.2, 0.25) is 0 Å². The monoisotopic (exact) mass is 429 g/mol. The molecule has 3 aromatic rings. The zero-order valence-electron chi connectivity index (χ0n) is 14.0. The molecule has 5 nitrogen and oxygen atoms in total. The van der Waals surface area contributed by atoms with Crippen molar-refractivity contribution < 1.29 is 9.53 Å². The lowest BCUT2D eigenvalue weighted by Crippen LogP contribution is -2.14. The molecule has 0 bridgehead atoms. The Labute approximate surface area is 164 Å². The Morgan fingerprint density at radius 2 is 1.77 bits per heavy atom. The van der Waals surface area contributed by atoms with Gasteiger partial charge in [-0.2, -0.15) is 0 Å². The zero-order chi connectivity index (χ0) is 18.4. The summed E-state index contributed by atoms with van der Waals surface area (Å²) in [7, 11) is 1.63. The second-order valence-corrected chi connectivity index (χ2v) is 7.24. The van der Waals surface area contributed by atoms with Gasteiger partial charge in [0.25, 0.3) is 0 Å². The molecule has 3 rings (SSSR count). The number of nitrogens with one attached hydrogen (secondary N) is 1. The number of halogens is 1. The van der Waals surface area contributed by atoms with Gasteiger partial charge in [0.05, 0.1) is 18.6 Å². The Bertz CT molecular complexity index is 869. The number of rotatable bonds is 6. The second kappa shape index (κ2) is 8.82. The number of amides is 1. The number of methoxy groups -OCH3 is 1. The normalized spacial score (nSPS) is 10.4. The zero-order valence-corrected chi connectivity index (χ0v) is 16.4. The number of nitrogens with zero attached hydrogens (tertiary/aromatic N) is 2. The van der Waals surface area contributed by atoms with Gasteiger partial charge in [-0.25, -0.2) is 0 Å². The van der Waals surface area contributed by atoms with Crippen molar-refractivity contribution in [3.63, 3.8) is 0 Å². The van der Waals surface area contributed by atoms with E-state index in [0.717, 1.165) is 27.2 Å². The topological polar surface area (TPSA) is 64.1 Å². The van der Waals surface area contributed by atoms with Crippen LogP contribution in [0.3, 0.4) is 0 Å². The predicted octanol–water partition coefficient (Wildman–Crippen LogP) is 4.65. The first kappa shape index (κ1) is 18.4. The fourth-order valence-electron chi connectivity index (χ4n) is 2.18. The summed E-state index contributed by atoms with van der Waals surface area (Å²) in [5.41, 5.74) is 2.50. The maximum absolute atomic E-state index is 12.0. The molecule has 2 aromatic carbocycles. The summed E-state index contributed by atoms with van der Waals surface area (Å²) < 4.78 is 6.12. The molecule has 0 saturated carbocycles. The molecular formula is C19H16BrN3O2S. The van der Waals surface area contributed by atoms with Crippen LogP contribution in [-0.2, 0) is 4.79 Å². The van der Waals surface area contributed by atoms with Gasteiger partial charge in [0.1, 0.15) is 10.8 Å². The molecule has 0 unspecified atom stereocenters. The van der Waals surface area contributed by atoms with Gasteiger partial charge < -0.3 is 10.1 Å². The summed E-state index contributed by atoms with van der Waals surface area (Å²) in [6.45, 7) is 0. The molecule has 0 radical (unpaired) electrons. The van der Waals surface area contributed by atoms with E-state index < -0.39 is 0 Å². The van der Waals surface area contributed by atoms with Crippen LogP contribution < -0.4 is 10.1 Å². The predicted molar refractivity (Wildman–Crippen MR) is 108 cm³/mol. The SMILES string of the molecule is COc1ccc(-c2ccc(SCC(=O)Nc3ccc(Br)cc3)nn2)cc1. The minimum Gasteiger partial charge on any atom is -0.497 e. The Kier molecular flexibility index (Phi) is 6.25. The van der Waals surface area contributed by atoms with Crippen molar-refractivity contribution in [1.29, 1.82) is 0 Å². The van der Waals surface area contributed by atoms with Crippen LogP contribution in [0.4, 0.5) is 5.69 Å². The molecule has 0 aliphatic rings. The van der Waals surface area contributed by atoms with E-state index in [-0.39, 0.29) is 11.7 Å². The van der Waals surface area contributed by atoms with Gasteiger partial charge in [-0.05, 0) is 60.7 Å². The maximum atomic E-state index is 12.0. The van der Waals surface area contributed by atoms with E-state index in [0.29, 0.717) is 5.03 Å². The van der Waals surface area contributed by atoms with Crippen molar-refractivity contribution in [3.8, 4) is 17.0 Å². The number of carbonyl (C=O) groups is 1. The average Bonchev–Trinajstić information content (AvgIpc) is 2.69. The largest absolute Gasteiger partial charge is 0.497 e. The van der Waals surface area contributed by atoms with E-state index in [2.05, 4.69) is 31.4 Å². The molecule has 1 heterocycles. The molecule has 1 aromatic heterocycles. The van der Waals surface area contributed by atoms with Crippen LogP contribution >= 0.6 is 27.7 Å². The van der Waals surface area contributed by atoms with Crippen LogP contribution in [0.15, 0.2) is 70.2 Å². The van der Waals surface area contributed by atoms with E-state index in [1.165, 1.54) is 11.8 Å². The highest BCUT2D eigenvalue weighted by Crippen LogP contribution is 2.22. The summed E-state index contributed by atoms with van der Waals surface area (Å²) in [5, 5.41) is 12.0. The van der Waals surface area contributed by atoms with Crippen molar-refractivity contribution in [2.75, 3.05) is 18.2 Å². The molecule has 0 aliphatic carbocycles. The standard InChI is InChI=1S/C19H16BrN3O2S/c1-25-16-8-2-13(3-9-16)17-10-11-19(23-22-17)26-12-18(24)21-15-6-4-14(20)5-7-15/h2-11H,12H2,1H3,(H,21,24). The van der Waals surface area contributed by atoms with E-state index in [4.69, 9.17) is 4.74 Å². The number of hydrogen-bond acceptors (Lipinski definition) is 5. The van der Waals surface area contributed by atoms with Crippen molar-refractivity contribution in [2.24, 2.45) is 0 Å². The van der Waals surface area contributed by atoms with Gasteiger partial charge in [0.2, 0.25) is 5.91 Å². The minimum atomic E-state index is -0.0849. The average molecular weight is 430 g/mol. The van der Waals surface area contributed by atoms with E-state index in [9.17, 15) is 4.79 Å². The van der Waals surface area contributed by atoms with Gasteiger partial charge >= 0.3 is 0 Å². The summed E-state index contributed by atoms with van der Waals surface area (Å²) in [6.07, 6.45) is 0. The van der Waals surface area contributed by atoms with E-state index in [1.54, 1.807) is 7.11 Å². The van der Waals surface area contributed by atoms with E-state index in [1.807, 2.05) is 60.7 Å². The van der Waals surface area contributed by atoms with Gasteiger partial charge in [-0.3, -0.25) is 4.79 Å². The van der Waals surface area contributed by atoms with Crippen LogP contribution in [0.5, 0.6) is 5.75 Å². The quantitative estimate of drug-likeness (QED) is 0.577. The number of anilines is 1. The third-order valence-electron chi connectivity index (χ3n) is 3.50. The molecule has 0 atom stereocenters. The fourth-order valence-corrected chi connectivity index (χ4v) is 3.06. The minimum absolute atomic E-state index is 0.0849. The van der Waals surface area contributed by atoms with Gasteiger partial charge in [0.15, 0.2) is 0 Å². The highest BCUT2D eigenvalue weighted by molar-refractivity contribution is 9.10. The van der Waals surface area contributed by atoms with Crippen molar-refractivity contribution >= 4 is 39.3 Å². The smallest absolute Gasteiger partial charge is 0.234 e. The number of hydrogen-bond donors (Lipinski definition) is 1. The lowest BCUT2D eigenvalue weighted by molar-refractivity contribution is -0.113. The van der Waals surface area contributed by atoms with Gasteiger partial charge in [-0.15, -0.1) is 10.2 Å². The third-order valence-corrected chi connectivity index (χ3v) is 4.95. The van der Waals surface area contributed by atoms with Crippen molar-refractivity contribution in [2.45, 2.75) is 5.03 Å². The first-order valence-corrected chi connectivity index (χ1v) is 9.58. The molecule has 1 N–H and O–H groups in total. The highest BCUT2D eigenvalue weighted by Gasteiger charge is 2.06. The second-order valence-electron chi connectivity index (χ2n) is 5.33. The first-order valence-electron chi connectivity index (χ1n) is 7.80. The molecule has 0 fully saturated rings. The third kappa shape index (κ3) is 5.06. The van der Waals surface area contributed by atoms with Crippen LogP contribution in [0, 0.1) is 0 Å². The number of ether oxygens (including phenoxy) is 1. The molecular weight excluding hydrogens is 414 g/mol. The maximum Gasteiger partial charge on any atom is 0.234 e.